The summed E-state index contributed by atoms with van der Waals surface area (Å²) in [5, 5.41) is 3.13. The zero-order valence-corrected chi connectivity index (χ0v) is 11.5. The van der Waals surface area contributed by atoms with Crippen LogP contribution in [0, 0.1) is 0 Å². The Bertz CT molecular complexity index is 386. The summed E-state index contributed by atoms with van der Waals surface area (Å²) in [7, 11) is 0. The summed E-state index contributed by atoms with van der Waals surface area (Å²) in [4.78, 5) is 11.9. The number of amides is 1. The molecule has 0 radical (unpaired) electrons. The number of hydrogen-bond acceptors (Lipinski definition) is 1. The fourth-order valence-electron chi connectivity index (χ4n) is 2.34. The van der Waals surface area contributed by atoms with Crippen LogP contribution >= 0.6 is 15.9 Å². The lowest BCUT2D eigenvalue weighted by Crippen LogP contribution is -2.37. The summed E-state index contributed by atoms with van der Waals surface area (Å²) in [6.45, 7) is 0. The van der Waals surface area contributed by atoms with Crippen LogP contribution in [0.2, 0.25) is 0 Å². The van der Waals surface area contributed by atoms with Crippen LogP contribution in [0.15, 0.2) is 28.7 Å². The molecule has 1 aliphatic carbocycles. The molecule has 3 heteroatoms. The second-order valence-electron chi connectivity index (χ2n) is 4.67. The molecular weight excluding hydrogens is 278 g/mol. The maximum absolute atomic E-state index is 11.9. The van der Waals surface area contributed by atoms with Gasteiger partial charge in [0.25, 0.3) is 0 Å². The van der Waals surface area contributed by atoms with E-state index in [2.05, 4.69) is 21.2 Å². The van der Waals surface area contributed by atoms with Gasteiger partial charge in [0.1, 0.15) is 0 Å². The standard InChI is InChI=1S/C14H18BrNO/c15-13-9-5-4-6-11(13)10-14(17)16-12-7-2-1-3-8-12/h4-6,9,12H,1-3,7-8,10H2,(H,16,17). The molecule has 0 bridgehead atoms. The fourth-order valence-corrected chi connectivity index (χ4v) is 2.77. The lowest BCUT2D eigenvalue weighted by atomic mass is 9.95. The van der Waals surface area contributed by atoms with Gasteiger partial charge < -0.3 is 5.32 Å². The molecule has 92 valence electrons. The quantitative estimate of drug-likeness (QED) is 0.909. The molecule has 17 heavy (non-hydrogen) atoms. The Morgan fingerprint density at radius 2 is 1.94 bits per heavy atom. The molecule has 2 rings (SSSR count). The van der Waals surface area contributed by atoms with Gasteiger partial charge in [-0.1, -0.05) is 53.4 Å². The van der Waals surface area contributed by atoms with Crippen LogP contribution < -0.4 is 5.32 Å². The third kappa shape index (κ3) is 3.84. The van der Waals surface area contributed by atoms with Crippen LogP contribution in [0.3, 0.4) is 0 Å². The first kappa shape index (κ1) is 12.6. The predicted molar refractivity (Wildman–Crippen MR) is 72.9 cm³/mol. The minimum atomic E-state index is 0.142. The summed E-state index contributed by atoms with van der Waals surface area (Å²) in [5.41, 5.74) is 1.06. The van der Waals surface area contributed by atoms with E-state index in [1.807, 2.05) is 24.3 Å². The van der Waals surface area contributed by atoms with Crippen molar-refractivity contribution in [3.05, 3.63) is 34.3 Å². The summed E-state index contributed by atoms with van der Waals surface area (Å²) in [5.74, 6) is 0.142. The Morgan fingerprint density at radius 1 is 1.24 bits per heavy atom. The van der Waals surface area contributed by atoms with Gasteiger partial charge in [0.2, 0.25) is 5.91 Å². The lowest BCUT2D eigenvalue weighted by molar-refractivity contribution is -0.121. The average molecular weight is 296 g/mol. The predicted octanol–water partition coefficient (Wildman–Crippen LogP) is 3.44. The molecule has 0 spiro atoms. The van der Waals surface area contributed by atoms with Gasteiger partial charge in [-0.05, 0) is 24.5 Å². The van der Waals surface area contributed by atoms with Crippen LogP contribution in [0.1, 0.15) is 37.7 Å². The first-order valence-electron chi connectivity index (χ1n) is 6.28. The van der Waals surface area contributed by atoms with Crippen LogP contribution in [0.5, 0.6) is 0 Å². The maximum Gasteiger partial charge on any atom is 0.224 e. The van der Waals surface area contributed by atoms with Gasteiger partial charge in [0.15, 0.2) is 0 Å². The Labute approximate surface area is 111 Å². The number of halogens is 1. The molecule has 1 N–H and O–H groups in total. The lowest BCUT2D eigenvalue weighted by Gasteiger charge is -2.22. The Balaban J connectivity index is 1.86. The molecule has 1 saturated carbocycles. The van der Waals surface area contributed by atoms with Gasteiger partial charge in [-0.3, -0.25) is 4.79 Å². The molecule has 0 saturated heterocycles. The van der Waals surface area contributed by atoms with E-state index in [9.17, 15) is 4.79 Å². The van der Waals surface area contributed by atoms with Crippen LogP contribution in [0.25, 0.3) is 0 Å². The van der Waals surface area contributed by atoms with Gasteiger partial charge in [0, 0.05) is 10.5 Å². The molecule has 1 aromatic carbocycles. The van der Waals surface area contributed by atoms with Gasteiger partial charge in [-0.25, -0.2) is 0 Å². The smallest absolute Gasteiger partial charge is 0.224 e. The zero-order valence-electron chi connectivity index (χ0n) is 9.92. The number of nitrogens with one attached hydrogen (secondary N) is 1. The van der Waals surface area contributed by atoms with E-state index in [4.69, 9.17) is 0 Å². The van der Waals surface area contributed by atoms with E-state index in [1.165, 1.54) is 19.3 Å². The second kappa shape index (κ2) is 6.20. The first-order valence-corrected chi connectivity index (χ1v) is 7.08. The van der Waals surface area contributed by atoms with Gasteiger partial charge in [-0.15, -0.1) is 0 Å². The van der Waals surface area contributed by atoms with E-state index in [0.29, 0.717) is 12.5 Å². The molecule has 0 aromatic heterocycles. The highest BCUT2D eigenvalue weighted by Crippen LogP contribution is 2.19. The van der Waals surface area contributed by atoms with Crippen molar-refractivity contribution in [3.8, 4) is 0 Å². The van der Waals surface area contributed by atoms with Crippen molar-refractivity contribution in [2.24, 2.45) is 0 Å². The monoisotopic (exact) mass is 295 g/mol. The number of benzene rings is 1. The molecule has 0 heterocycles. The molecule has 2 nitrogen and oxygen atoms in total. The number of carbonyl (C=O) groups is 1. The third-order valence-corrected chi connectivity index (χ3v) is 4.05. The van der Waals surface area contributed by atoms with Crippen molar-refractivity contribution >= 4 is 21.8 Å². The van der Waals surface area contributed by atoms with E-state index in [1.54, 1.807) is 0 Å². The number of hydrogen-bond donors (Lipinski definition) is 1. The topological polar surface area (TPSA) is 29.1 Å². The van der Waals surface area contributed by atoms with Crippen molar-refractivity contribution in [1.29, 1.82) is 0 Å². The minimum absolute atomic E-state index is 0.142. The van der Waals surface area contributed by atoms with Crippen LogP contribution in [-0.2, 0) is 11.2 Å². The van der Waals surface area contributed by atoms with Crippen molar-refractivity contribution in [2.45, 2.75) is 44.6 Å². The number of rotatable bonds is 3. The van der Waals surface area contributed by atoms with Gasteiger partial charge in [-0.2, -0.15) is 0 Å². The molecule has 0 unspecified atom stereocenters. The minimum Gasteiger partial charge on any atom is -0.353 e. The highest BCUT2D eigenvalue weighted by molar-refractivity contribution is 9.10. The largest absolute Gasteiger partial charge is 0.353 e. The normalized spacial score (nSPS) is 16.8. The van der Waals surface area contributed by atoms with Crippen molar-refractivity contribution in [3.63, 3.8) is 0 Å². The first-order chi connectivity index (χ1) is 8.25. The van der Waals surface area contributed by atoms with E-state index < -0.39 is 0 Å². The highest BCUT2D eigenvalue weighted by atomic mass is 79.9. The Hall–Kier alpha value is -0.830. The molecule has 0 atom stereocenters. The summed E-state index contributed by atoms with van der Waals surface area (Å²) < 4.78 is 1.01. The zero-order chi connectivity index (χ0) is 12.1. The van der Waals surface area contributed by atoms with E-state index in [0.717, 1.165) is 22.9 Å². The SMILES string of the molecule is O=C(Cc1ccccc1Br)NC1CCCCC1. The fraction of sp³-hybridized carbons (Fsp3) is 0.500. The van der Waals surface area contributed by atoms with E-state index >= 15 is 0 Å². The van der Waals surface area contributed by atoms with Crippen LogP contribution in [-0.4, -0.2) is 11.9 Å². The number of carbonyl (C=O) groups excluding carboxylic acids is 1. The van der Waals surface area contributed by atoms with Gasteiger partial charge in [0.05, 0.1) is 6.42 Å². The Morgan fingerprint density at radius 3 is 2.65 bits per heavy atom. The van der Waals surface area contributed by atoms with Crippen molar-refractivity contribution in [2.75, 3.05) is 0 Å². The summed E-state index contributed by atoms with van der Waals surface area (Å²) in [6, 6.07) is 8.30. The highest BCUT2D eigenvalue weighted by Gasteiger charge is 2.16. The molecular formula is C14H18BrNO. The molecule has 1 aromatic rings. The summed E-state index contributed by atoms with van der Waals surface area (Å²) in [6.07, 6.45) is 6.57. The van der Waals surface area contributed by atoms with Crippen molar-refractivity contribution in [1.82, 2.24) is 5.32 Å². The Kier molecular flexibility index (Phi) is 4.60. The molecule has 1 amide bonds. The average Bonchev–Trinajstić information content (AvgIpc) is 2.33. The van der Waals surface area contributed by atoms with Crippen LogP contribution in [0.4, 0.5) is 0 Å². The van der Waals surface area contributed by atoms with Crippen molar-refractivity contribution < 1.29 is 4.79 Å². The van der Waals surface area contributed by atoms with E-state index in [-0.39, 0.29) is 5.91 Å². The maximum atomic E-state index is 11.9. The van der Waals surface area contributed by atoms with Gasteiger partial charge >= 0.3 is 0 Å². The molecule has 1 fully saturated rings. The third-order valence-electron chi connectivity index (χ3n) is 3.28. The molecule has 0 aliphatic heterocycles. The summed E-state index contributed by atoms with van der Waals surface area (Å²) >= 11 is 3.47. The molecule has 1 aliphatic rings. The second-order valence-corrected chi connectivity index (χ2v) is 5.52.